The maximum atomic E-state index is 13.2. The molecule has 1 aromatic carbocycles. The fraction of sp³-hybridized carbons (Fsp3) is 0.500. The van der Waals surface area contributed by atoms with Crippen molar-refractivity contribution < 1.29 is 19.0 Å². The van der Waals surface area contributed by atoms with Gasteiger partial charge in [-0.3, -0.25) is 4.79 Å². The van der Waals surface area contributed by atoms with Crippen molar-refractivity contribution in [2.45, 2.75) is 25.4 Å². The summed E-state index contributed by atoms with van der Waals surface area (Å²) in [6, 6.07) is 3.39. The van der Waals surface area contributed by atoms with Gasteiger partial charge in [0.05, 0.1) is 11.2 Å². The van der Waals surface area contributed by atoms with E-state index in [-0.39, 0.29) is 22.8 Å². The number of hydrogen-bond donors (Lipinski definition) is 1. The minimum Gasteiger partial charge on any atom is -0.507 e. The highest BCUT2D eigenvalue weighted by Gasteiger charge is 2.34. The van der Waals surface area contributed by atoms with E-state index in [0.29, 0.717) is 13.1 Å². The van der Waals surface area contributed by atoms with Gasteiger partial charge in [0.25, 0.3) is 5.91 Å². The van der Waals surface area contributed by atoms with Crippen molar-refractivity contribution >= 4 is 5.91 Å². The maximum Gasteiger partial charge on any atom is 0.257 e. The predicted octanol–water partition coefficient (Wildman–Crippen LogP) is 2.17. The van der Waals surface area contributed by atoms with Crippen LogP contribution in [0.2, 0.25) is 0 Å². The molecule has 0 bridgehead atoms. The van der Waals surface area contributed by atoms with Crippen LogP contribution < -0.4 is 0 Å². The number of aromatic hydroxyl groups is 1. The van der Waals surface area contributed by atoms with E-state index < -0.39 is 5.82 Å². The number of rotatable bonds is 2. The Bertz CT molecular complexity index is 492. The quantitative estimate of drug-likeness (QED) is 0.893. The molecular weight excluding hydrogens is 249 g/mol. The first kappa shape index (κ1) is 13.8. The van der Waals surface area contributed by atoms with Gasteiger partial charge in [-0.15, -0.1) is 0 Å². The average Bonchev–Trinajstić information content (AvgIpc) is 2.41. The Morgan fingerprint density at radius 2 is 2.26 bits per heavy atom. The third-order valence-electron chi connectivity index (χ3n) is 3.63. The van der Waals surface area contributed by atoms with Crippen molar-refractivity contribution in [3.8, 4) is 5.75 Å². The van der Waals surface area contributed by atoms with Crippen molar-refractivity contribution in [2.24, 2.45) is 0 Å². The Balaban J connectivity index is 2.22. The number of hydrogen-bond acceptors (Lipinski definition) is 3. The first-order chi connectivity index (χ1) is 8.95. The second-order valence-corrected chi connectivity index (χ2v) is 5.15. The standard InChI is InChI=1S/C14H18FNO3/c1-14(19-2)6-3-7-16(9-14)13(18)11-8-10(15)4-5-12(11)17/h4-5,8,17H,3,6-7,9H2,1-2H3. The van der Waals surface area contributed by atoms with E-state index in [1.807, 2.05) is 6.92 Å². The Hall–Kier alpha value is -1.62. The lowest BCUT2D eigenvalue weighted by atomic mass is 9.94. The summed E-state index contributed by atoms with van der Waals surface area (Å²) in [7, 11) is 1.62. The van der Waals surface area contributed by atoms with Gasteiger partial charge in [-0.05, 0) is 38.0 Å². The van der Waals surface area contributed by atoms with Crippen LogP contribution in [-0.4, -0.2) is 41.7 Å². The third kappa shape index (κ3) is 2.87. The van der Waals surface area contributed by atoms with Gasteiger partial charge in [0, 0.05) is 20.2 Å². The molecule has 2 rings (SSSR count). The molecule has 1 atom stereocenters. The second kappa shape index (κ2) is 5.17. The molecule has 1 aliphatic heterocycles. The minimum atomic E-state index is -0.535. The van der Waals surface area contributed by atoms with Gasteiger partial charge in [-0.2, -0.15) is 0 Å². The van der Waals surface area contributed by atoms with Gasteiger partial charge in [0.1, 0.15) is 11.6 Å². The molecule has 5 heteroatoms. The number of halogens is 1. The van der Waals surface area contributed by atoms with Crippen LogP contribution in [0.1, 0.15) is 30.1 Å². The molecule has 1 aliphatic rings. The summed E-state index contributed by atoms with van der Waals surface area (Å²) in [6.45, 7) is 2.98. The molecule has 0 radical (unpaired) electrons. The highest BCUT2D eigenvalue weighted by Crippen LogP contribution is 2.27. The molecule has 104 valence electrons. The van der Waals surface area contributed by atoms with Crippen molar-refractivity contribution in [1.82, 2.24) is 4.90 Å². The lowest BCUT2D eigenvalue weighted by Gasteiger charge is -2.39. The summed E-state index contributed by atoms with van der Waals surface area (Å²) in [5.74, 6) is -1.09. The summed E-state index contributed by atoms with van der Waals surface area (Å²) in [5, 5.41) is 9.68. The van der Waals surface area contributed by atoms with Crippen LogP contribution in [0.4, 0.5) is 4.39 Å². The zero-order valence-corrected chi connectivity index (χ0v) is 11.1. The number of likely N-dealkylation sites (tertiary alicyclic amines) is 1. The smallest absolute Gasteiger partial charge is 0.257 e. The van der Waals surface area contributed by atoms with Gasteiger partial charge >= 0.3 is 0 Å². The van der Waals surface area contributed by atoms with E-state index in [9.17, 15) is 14.3 Å². The molecular formula is C14H18FNO3. The van der Waals surface area contributed by atoms with Gasteiger partial charge in [-0.1, -0.05) is 0 Å². The van der Waals surface area contributed by atoms with Crippen LogP contribution in [-0.2, 0) is 4.74 Å². The monoisotopic (exact) mass is 267 g/mol. The number of carbonyl (C=O) groups is 1. The summed E-state index contributed by atoms with van der Waals surface area (Å²) < 4.78 is 18.6. The second-order valence-electron chi connectivity index (χ2n) is 5.15. The molecule has 1 saturated heterocycles. The summed E-state index contributed by atoms with van der Waals surface area (Å²) in [4.78, 5) is 13.9. The third-order valence-corrected chi connectivity index (χ3v) is 3.63. The van der Waals surface area contributed by atoms with Crippen molar-refractivity contribution in [2.75, 3.05) is 20.2 Å². The summed E-state index contributed by atoms with van der Waals surface area (Å²) in [5.41, 5.74) is -0.378. The molecule has 19 heavy (non-hydrogen) atoms. The molecule has 0 aromatic heterocycles. The topological polar surface area (TPSA) is 49.8 Å². The molecule has 0 spiro atoms. The SMILES string of the molecule is COC1(C)CCCN(C(=O)c2cc(F)ccc2O)C1. The lowest BCUT2D eigenvalue weighted by molar-refractivity contribution is -0.0440. The fourth-order valence-electron chi connectivity index (χ4n) is 2.40. The van der Waals surface area contributed by atoms with Crippen LogP contribution in [0.25, 0.3) is 0 Å². The van der Waals surface area contributed by atoms with E-state index in [2.05, 4.69) is 0 Å². The van der Waals surface area contributed by atoms with E-state index >= 15 is 0 Å². The van der Waals surface area contributed by atoms with Crippen LogP contribution in [0.15, 0.2) is 18.2 Å². The average molecular weight is 267 g/mol. The maximum absolute atomic E-state index is 13.2. The molecule has 1 N–H and O–H groups in total. The first-order valence-corrected chi connectivity index (χ1v) is 6.28. The van der Waals surface area contributed by atoms with E-state index in [0.717, 1.165) is 25.0 Å². The number of phenols is 1. The number of benzene rings is 1. The Morgan fingerprint density at radius 1 is 1.53 bits per heavy atom. The highest BCUT2D eigenvalue weighted by molar-refractivity contribution is 5.96. The molecule has 1 fully saturated rings. The van der Waals surface area contributed by atoms with Crippen molar-refractivity contribution in [3.05, 3.63) is 29.6 Å². The molecule has 0 saturated carbocycles. The highest BCUT2D eigenvalue weighted by atomic mass is 19.1. The number of methoxy groups -OCH3 is 1. The van der Waals surface area contributed by atoms with E-state index in [1.54, 1.807) is 12.0 Å². The molecule has 1 heterocycles. The zero-order chi connectivity index (χ0) is 14.0. The van der Waals surface area contributed by atoms with Crippen LogP contribution in [0.5, 0.6) is 5.75 Å². The van der Waals surface area contributed by atoms with Gasteiger partial charge in [-0.25, -0.2) is 4.39 Å². The van der Waals surface area contributed by atoms with Crippen molar-refractivity contribution in [3.63, 3.8) is 0 Å². The Labute approximate surface area is 111 Å². The minimum absolute atomic E-state index is 0.000327. The van der Waals surface area contributed by atoms with Crippen molar-refractivity contribution in [1.29, 1.82) is 0 Å². The first-order valence-electron chi connectivity index (χ1n) is 6.28. The largest absolute Gasteiger partial charge is 0.507 e. The molecule has 0 aliphatic carbocycles. The predicted molar refractivity (Wildman–Crippen MR) is 68.6 cm³/mol. The van der Waals surface area contributed by atoms with Crippen LogP contribution >= 0.6 is 0 Å². The number of amides is 1. The number of carbonyl (C=O) groups excluding carboxylic acids is 1. The van der Waals surface area contributed by atoms with Gasteiger partial charge < -0.3 is 14.7 Å². The number of nitrogens with zero attached hydrogens (tertiary/aromatic N) is 1. The molecule has 1 aromatic rings. The van der Waals surface area contributed by atoms with Crippen LogP contribution in [0.3, 0.4) is 0 Å². The van der Waals surface area contributed by atoms with E-state index in [1.165, 1.54) is 6.07 Å². The summed E-state index contributed by atoms with van der Waals surface area (Å²) in [6.07, 6.45) is 1.70. The van der Waals surface area contributed by atoms with E-state index in [4.69, 9.17) is 4.74 Å². The number of phenolic OH excluding ortho intramolecular Hbond substituents is 1. The van der Waals surface area contributed by atoms with Gasteiger partial charge in [0.15, 0.2) is 0 Å². The Kier molecular flexibility index (Phi) is 3.75. The lowest BCUT2D eigenvalue weighted by Crippen LogP contribution is -2.49. The normalized spacial score (nSPS) is 23.4. The summed E-state index contributed by atoms with van der Waals surface area (Å²) >= 11 is 0. The molecule has 4 nitrogen and oxygen atoms in total. The fourth-order valence-corrected chi connectivity index (χ4v) is 2.40. The molecule has 1 amide bonds. The van der Waals surface area contributed by atoms with Gasteiger partial charge in [0.2, 0.25) is 0 Å². The Morgan fingerprint density at radius 3 is 2.95 bits per heavy atom. The van der Waals surface area contributed by atoms with Crippen LogP contribution in [0, 0.1) is 5.82 Å². The molecule has 1 unspecified atom stereocenters. The number of piperidine rings is 1. The number of ether oxygens (including phenoxy) is 1. The zero-order valence-electron chi connectivity index (χ0n) is 11.1.